The van der Waals surface area contributed by atoms with Crippen molar-refractivity contribution >= 4 is 0 Å². The second-order valence-electron chi connectivity index (χ2n) is 4.90. The minimum atomic E-state index is 0.365. The number of rotatable bonds is 7. The first-order chi connectivity index (χ1) is 9.78. The first kappa shape index (κ1) is 14.4. The maximum Gasteiger partial charge on any atom is 0.120 e. The van der Waals surface area contributed by atoms with Gasteiger partial charge < -0.3 is 15.2 Å². The molecule has 0 bridgehead atoms. The van der Waals surface area contributed by atoms with Gasteiger partial charge in [0, 0.05) is 5.92 Å². The molecule has 0 amide bonds. The van der Waals surface area contributed by atoms with Gasteiger partial charge >= 0.3 is 0 Å². The predicted molar refractivity (Wildman–Crippen MR) is 80.9 cm³/mol. The summed E-state index contributed by atoms with van der Waals surface area (Å²) in [7, 11) is 0. The summed E-state index contributed by atoms with van der Waals surface area (Å²) in [6.45, 7) is 3.92. The first-order valence-corrected chi connectivity index (χ1v) is 6.87. The van der Waals surface area contributed by atoms with Crippen LogP contribution in [0.25, 0.3) is 0 Å². The topological polar surface area (TPSA) is 44.5 Å². The third-order valence-electron chi connectivity index (χ3n) is 3.01. The number of benzene rings is 2. The van der Waals surface area contributed by atoms with E-state index in [9.17, 15) is 0 Å². The summed E-state index contributed by atoms with van der Waals surface area (Å²) in [5, 5.41) is 0. The van der Waals surface area contributed by atoms with Crippen molar-refractivity contribution in [1.82, 2.24) is 0 Å². The molecular weight excluding hydrogens is 250 g/mol. The van der Waals surface area contributed by atoms with Gasteiger partial charge in [0.1, 0.15) is 18.1 Å². The molecule has 0 aliphatic heterocycles. The molecule has 20 heavy (non-hydrogen) atoms. The monoisotopic (exact) mass is 271 g/mol. The molecule has 0 aliphatic rings. The SMILES string of the molecule is CC(CN)COc1ccc(OCc2ccccc2)cc1. The third-order valence-corrected chi connectivity index (χ3v) is 3.01. The number of hydrogen-bond acceptors (Lipinski definition) is 3. The Labute approximate surface area is 120 Å². The molecule has 1 atom stereocenters. The summed E-state index contributed by atoms with van der Waals surface area (Å²) in [5.41, 5.74) is 6.71. The minimum absolute atomic E-state index is 0.365. The Balaban J connectivity index is 1.82. The van der Waals surface area contributed by atoms with Crippen LogP contribution in [-0.4, -0.2) is 13.2 Å². The van der Waals surface area contributed by atoms with Crippen LogP contribution in [0.3, 0.4) is 0 Å². The highest BCUT2D eigenvalue weighted by Gasteiger charge is 2.01. The molecule has 0 radical (unpaired) electrons. The smallest absolute Gasteiger partial charge is 0.120 e. The summed E-state index contributed by atoms with van der Waals surface area (Å²) in [5.74, 6) is 2.05. The number of nitrogens with two attached hydrogens (primary N) is 1. The van der Waals surface area contributed by atoms with E-state index >= 15 is 0 Å². The summed E-state index contributed by atoms with van der Waals surface area (Å²) >= 11 is 0. The second kappa shape index (κ2) is 7.56. The van der Waals surface area contributed by atoms with Crippen LogP contribution < -0.4 is 15.2 Å². The highest BCUT2D eigenvalue weighted by molar-refractivity contribution is 5.31. The fourth-order valence-electron chi connectivity index (χ4n) is 1.68. The molecule has 2 aromatic rings. The van der Waals surface area contributed by atoms with Gasteiger partial charge in [-0.2, -0.15) is 0 Å². The molecular formula is C17H21NO2. The van der Waals surface area contributed by atoms with Gasteiger partial charge in [0.2, 0.25) is 0 Å². The van der Waals surface area contributed by atoms with Crippen LogP contribution in [0, 0.1) is 5.92 Å². The van der Waals surface area contributed by atoms with Crippen molar-refractivity contribution in [3.63, 3.8) is 0 Å². The van der Waals surface area contributed by atoms with Gasteiger partial charge in [-0.05, 0) is 36.4 Å². The van der Waals surface area contributed by atoms with Gasteiger partial charge in [0.15, 0.2) is 0 Å². The standard InChI is InChI=1S/C17H21NO2/c1-14(11-18)12-19-16-7-9-17(10-8-16)20-13-15-5-3-2-4-6-15/h2-10,14H,11-13,18H2,1H3. The van der Waals surface area contributed by atoms with Crippen LogP contribution in [-0.2, 0) is 6.61 Å². The van der Waals surface area contributed by atoms with E-state index in [1.807, 2.05) is 54.6 Å². The van der Waals surface area contributed by atoms with Crippen LogP contribution in [0.4, 0.5) is 0 Å². The van der Waals surface area contributed by atoms with E-state index in [0.29, 0.717) is 25.7 Å². The quantitative estimate of drug-likeness (QED) is 0.840. The lowest BCUT2D eigenvalue weighted by molar-refractivity contribution is 0.262. The van der Waals surface area contributed by atoms with Gasteiger partial charge in [-0.1, -0.05) is 37.3 Å². The summed E-state index contributed by atoms with van der Waals surface area (Å²) < 4.78 is 11.4. The maximum atomic E-state index is 5.72. The number of ether oxygens (including phenoxy) is 2. The van der Waals surface area contributed by atoms with Crippen molar-refractivity contribution in [1.29, 1.82) is 0 Å². The van der Waals surface area contributed by atoms with Crippen LogP contribution in [0.2, 0.25) is 0 Å². The molecule has 0 saturated carbocycles. The van der Waals surface area contributed by atoms with Gasteiger partial charge in [-0.25, -0.2) is 0 Å². The predicted octanol–water partition coefficient (Wildman–Crippen LogP) is 3.24. The average molecular weight is 271 g/mol. The van der Waals surface area contributed by atoms with E-state index in [-0.39, 0.29) is 0 Å². The van der Waals surface area contributed by atoms with E-state index in [1.165, 1.54) is 0 Å². The molecule has 0 spiro atoms. The maximum absolute atomic E-state index is 5.72. The fourth-order valence-corrected chi connectivity index (χ4v) is 1.68. The summed E-state index contributed by atoms with van der Waals surface area (Å²) in [6.07, 6.45) is 0. The molecule has 3 nitrogen and oxygen atoms in total. The zero-order valence-corrected chi connectivity index (χ0v) is 11.8. The normalized spacial score (nSPS) is 11.9. The Bertz CT molecular complexity index is 496. The summed E-state index contributed by atoms with van der Waals surface area (Å²) in [6, 6.07) is 17.8. The molecule has 2 N–H and O–H groups in total. The Hall–Kier alpha value is -2.00. The molecule has 0 aromatic heterocycles. The molecule has 2 aromatic carbocycles. The molecule has 0 saturated heterocycles. The van der Waals surface area contributed by atoms with Crippen molar-refractivity contribution in [2.75, 3.05) is 13.2 Å². The van der Waals surface area contributed by atoms with Crippen LogP contribution in [0.1, 0.15) is 12.5 Å². The van der Waals surface area contributed by atoms with E-state index in [4.69, 9.17) is 15.2 Å². The Morgan fingerprint density at radius 2 is 1.50 bits per heavy atom. The molecule has 1 unspecified atom stereocenters. The second-order valence-corrected chi connectivity index (χ2v) is 4.90. The lowest BCUT2D eigenvalue weighted by atomic mass is 10.2. The van der Waals surface area contributed by atoms with Crippen molar-refractivity contribution in [2.45, 2.75) is 13.5 Å². The highest BCUT2D eigenvalue weighted by atomic mass is 16.5. The van der Waals surface area contributed by atoms with Gasteiger partial charge in [-0.15, -0.1) is 0 Å². The zero-order chi connectivity index (χ0) is 14.2. The molecule has 0 heterocycles. The Morgan fingerprint density at radius 3 is 2.10 bits per heavy atom. The Kier molecular flexibility index (Phi) is 5.44. The average Bonchev–Trinajstić information content (AvgIpc) is 2.52. The molecule has 2 rings (SSSR count). The van der Waals surface area contributed by atoms with E-state index < -0.39 is 0 Å². The highest BCUT2D eigenvalue weighted by Crippen LogP contribution is 2.19. The van der Waals surface area contributed by atoms with Crippen molar-refractivity contribution < 1.29 is 9.47 Å². The fraction of sp³-hybridized carbons (Fsp3) is 0.294. The molecule has 3 heteroatoms. The van der Waals surface area contributed by atoms with E-state index in [2.05, 4.69) is 6.92 Å². The van der Waals surface area contributed by atoms with Crippen molar-refractivity contribution in [3.05, 3.63) is 60.2 Å². The molecule has 106 valence electrons. The zero-order valence-electron chi connectivity index (χ0n) is 11.8. The van der Waals surface area contributed by atoms with Crippen LogP contribution in [0.15, 0.2) is 54.6 Å². The number of hydrogen-bond donors (Lipinski definition) is 1. The van der Waals surface area contributed by atoms with Gasteiger partial charge in [0.25, 0.3) is 0 Å². The van der Waals surface area contributed by atoms with Crippen molar-refractivity contribution in [3.8, 4) is 11.5 Å². The minimum Gasteiger partial charge on any atom is -0.493 e. The van der Waals surface area contributed by atoms with Gasteiger partial charge in [-0.3, -0.25) is 0 Å². The van der Waals surface area contributed by atoms with Crippen LogP contribution in [0.5, 0.6) is 11.5 Å². The largest absolute Gasteiger partial charge is 0.493 e. The lowest BCUT2D eigenvalue weighted by Gasteiger charge is -2.11. The Morgan fingerprint density at radius 1 is 0.900 bits per heavy atom. The van der Waals surface area contributed by atoms with E-state index in [0.717, 1.165) is 17.1 Å². The molecule has 0 fully saturated rings. The van der Waals surface area contributed by atoms with Gasteiger partial charge in [0.05, 0.1) is 6.61 Å². The van der Waals surface area contributed by atoms with Crippen LogP contribution >= 0.6 is 0 Å². The third kappa shape index (κ3) is 4.59. The molecule has 0 aliphatic carbocycles. The van der Waals surface area contributed by atoms with Crippen molar-refractivity contribution in [2.24, 2.45) is 11.7 Å². The summed E-state index contributed by atoms with van der Waals surface area (Å²) in [4.78, 5) is 0. The lowest BCUT2D eigenvalue weighted by Crippen LogP contribution is -2.18. The first-order valence-electron chi connectivity index (χ1n) is 6.87. The van der Waals surface area contributed by atoms with E-state index in [1.54, 1.807) is 0 Å².